The zero-order valence-corrected chi connectivity index (χ0v) is 16.9. The van der Waals surface area contributed by atoms with Crippen molar-refractivity contribution < 1.29 is 19.2 Å². The highest BCUT2D eigenvalue weighted by Crippen LogP contribution is 2.28. The van der Waals surface area contributed by atoms with Crippen LogP contribution in [0.25, 0.3) is 0 Å². The van der Waals surface area contributed by atoms with E-state index in [0.717, 1.165) is 6.42 Å². The molecule has 1 fully saturated rings. The lowest BCUT2D eigenvalue weighted by Crippen LogP contribution is -2.43. The largest absolute Gasteiger partial charge is 0.490 e. The summed E-state index contributed by atoms with van der Waals surface area (Å²) in [5.41, 5.74) is 0.00899. The Hall–Kier alpha value is -2.94. The second-order valence-electron chi connectivity index (χ2n) is 6.83. The average molecular weight is 417 g/mol. The van der Waals surface area contributed by atoms with Gasteiger partial charge in [0.05, 0.1) is 12.0 Å². The minimum atomic E-state index is -0.567. The number of nitro benzene ring substituents is 1. The Bertz CT molecular complexity index is 876. The van der Waals surface area contributed by atoms with Crippen molar-refractivity contribution in [1.29, 1.82) is 0 Å². The van der Waals surface area contributed by atoms with Crippen molar-refractivity contribution >= 4 is 28.8 Å². The maximum Gasteiger partial charge on any atom is 0.311 e. The predicted octanol–water partition coefficient (Wildman–Crippen LogP) is 2.88. The van der Waals surface area contributed by atoms with Crippen molar-refractivity contribution in [1.82, 2.24) is 10.2 Å². The summed E-state index contributed by atoms with van der Waals surface area (Å²) < 4.78 is 4.97. The van der Waals surface area contributed by atoms with Crippen LogP contribution in [0.2, 0.25) is 0 Å². The van der Waals surface area contributed by atoms with Crippen molar-refractivity contribution in [3.05, 3.63) is 56.3 Å². The van der Waals surface area contributed by atoms with Gasteiger partial charge in [-0.1, -0.05) is 6.07 Å². The van der Waals surface area contributed by atoms with Crippen molar-refractivity contribution in [2.75, 3.05) is 26.7 Å². The maximum absolute atomic E-state index is 12.7. The predicted molar refractivity (Wildman–Crippen MR) is 109 cm³/mol. The van der Waals surface area contributed by atoms with E-state index in [2.05, 4.69) is 5.32 Å². The third kappa shape index (κ3) is 5.11. The van der Waals surface area contributed by atoms with Crippen LogP contribution < -0.4 is 10.1 Å². The summed E-state index contributed by atoms with van der Waals surface area (Å²) in [4.78, 5) is 38.6. The number of carbonyl (C=O) groups is 2. The Morgan fingerprint density at radius 1 is 1.31 bits per heavy atom. The zero-order valence-electron chi connectivity index (χ0n) is 16.1. The highest BCUT2D eigenvalue weighted by molar-refractivity contribution is 7.09. The molecule has 2 heterocycles. The van der Waals surface area contributed by atoms with Gasteiger partial charge in [0.15, 0.2) is 5.75 Å². The number of thiophene rings is 1. The summed E-state index contributed by atoms with van der Waals surface area (Å²) in [5, 5.41) is 16.2. The highest BCUT2D eigenvalue weighted by atomic mass is 32.1. The van der Waals surface area contributed by atoms with E-state index >= 15 is 0 Å². The summed E-state index contributed by atoms with van der Waals surface area (Å²) in [6.45, 7) is 1.50. The first-order chi connectivity index (χ1) is 14.0. The SMILES string of the molecule is COc1ccc(C(=O)N2CCC(C(=O)NCCc3cccs3)CC2)cc1[N+](=O)[O-]. The van der Waals surface area contributed by atoms with Gasteiger partial charge in [0.2, 0.25) is 5.91 Å². The fraction of sp³-hybridized carbons (Fsp3) is 0.400. The van der Waals surface area contributed by atoms with E-state index in [0.29, 0.717) is 32.5 Å². The number of likely N-dealkylation sites (tertiary alicyclic amines) is 1. The van der Waals surface area contributed by atoms with Crippen LogP contribution in [0, 0.1) is 16.0 Å². The topological polar surface area (TPSA) is 102 Å². The number of piperidine rings is 1. The molecule has 0 bridgehead atoms. The first-order valence-corrected chi connectivity index (χ1v) is 10.3. The number of carbonyl (C=O) groups excluding carboxylic acids is 2. The molecule has 1 aromatic carbocycles. The summed E-state index contributed by atoms with van der Waals surface area (Å²) >= 11 is 1.67. The molecule has 0 radical (unpaired) electrons. The van der Waals surface area contributed by atoms with E-state index in [1.54, 1.807) is 16.2 Å². The molecule has 1 N–H and O–H groups in total. The summed E-state index contributed by atoms with van der Waals surface area (Å²) in [6.07, 6.45) is 1.97. The fourth-order valence-corrected chi connectivity index (χ4v) is 4.11. The van der Waals surface area contributed by atoms with Crippen LogP contribution in [0.1, 0.15) is 28.1 Å². The van der Waals surface area contributed by atoms with Crippen LogP contribution in [-0.4, -0.2) is 48.4 Å². The summed E-state index contributed by atoms with van der Waals surface area (Å²) in [6, 6.07) is 8.23. The van der Waals surface area contributed by atoms with Gasteiger partial charge in [-0.2, -0.15) is 0 Å². The van der Waals surface area contributed by atoms with E-state index in [1.807, 2.05) is 17.5 Å². The smallest absolute Gasteiger partial charge is 0.311 e. The molecule has 2 amide bonds. The third-order valence-corrected chi connectivity index (χ3v) is 5.96. The Kier molecular flexibility index (Phi) is 6.82. The quantitative estimate of drug-likeness (QED) is 0.551. The minimum Gasteiger partial charge on any atom is -0.490 e. The lowest BCUT2D eigenvalue weighted by molar-refractivity contribution is -0.385. The molecule has 9 heteroatoms. The van der Waals surface area contributed by atoms with Crippen molar-refractivity contribution in [3.8, 4) is 5.75 Å². The molecule has 0 spiro atoms. The van der Waals surface area contributed by atoms with Crippen LogP contribution >= 0.6 is 11.3 Å². The maximum atomic E-state index is 12.7. The van der Waals surface area contributed by atoms with E-state index in [4.69, 9.17) is 4.74 Å². The number of benzene rings is 1. The van der Waals surface area contributed by atoms with Gasteiger partial charge in [0.25, 0.3) is 5.91 Å². The zero-order chi connectivity index (χ0) is 20.8. The number of methoxy groups -OCH3 is 1. The van der Waals surface area contributed by atoms with E-state index < -0.39 is 4.92 Å². The average Bonchev–Trinajstić information content (AvgIpc) is 3.26. The number of nitro groups is 1. The fourth-order valence-electron chi connectivity index (χ4n) is 3.40. The Balaban J connectivity index is 1.52. The second-order valence-corrected chi connectivity index (χ2v) is 7.86. The summed E-state index contributed by atoms with van der Waals surface area (Å²) in [5.74, 6) is -0.252. The number of rotatable bonds is 7. The molecular formula is C20H23N3O5S. The van der Waals surface area contributed by atoms with Crippen LogP contribution in [-0.2, 0) is 11.2 Å². The highest BCUT2D eigenvalue weighted by Gasteiger charge is 2.28. The molecule has 1 aliphatic heterocycles. The number of nitrogens with zero attached hydrogens (tertiary/aromatic N) is 2. The minimum absolute atomic E-state index is 0.0220. The summed E-state index contributed by atoms with van der Waals surface area (Å²) in [7, 11) is 1.35. The van der Waals surface area contributed by atoms with E-state index in [9.17, 15) is 19.7 Å². The standard InChI is InChI=1S/C20H23N3O5S/c1-28-18-5-4-15(13-17(18)23(26)27)20(25)22-10-7-14(8-11-22)19(24)21-9-6-16-3-2-12-29-16/h2-5,12-14H,6-11H2,1H3,(H,21,24). The number of ether oxygens (including phenoxy) is 1. The van der Waals surface area contributed by atoms with Crippen LogP contribution in [0.3, 0.4) is 0 Å². The monoisotopic (exact) mass is 417 g/mol. The molecule has 29 heavy (non-hydrogen) atoms. The van der Waals surface area contributed by atoms with Crippen molar-refractivity contribution in [3.63, 3.8) is 0 Å². The van der Waals surface area contributed by atoms with E-state index in [1.165, 1.54) is 30.2 Å². The van der Waals surface area contributed by atoms with Crippen LogP contribution in [0.5, 0.6) is 5.75 Å². The normalized spacial score (nSPS) is 14.4. The number of hydrogen-bond donors (Lipinski definition) is 1. The number of amides is 2. The molecule has 0 aliphatic carbocycles. The van der Waals surface area contributed by atoms with Crippen LogP contribution in [0.15, 0.2) is 35.7 Å². The lowest BCUT2D eigenvalue weighted by Gasteiger charge is -2.31. The number of hydrogen-bond acceptors (Lipinski definition) is 6. The number of nitrogens with one attached hydrogen (secondary N) is 1. The Morgan fingerprint density at radius 2 is 2.07 bits per heavy atom. The molecule has 0 unspecified atom stereocenters. The van der Waals surface area contributed by atoms with Gasteiger partial charge in [0.1, 0.15) is 0 Å². The first kappa shape index (κ1) is 20.8. The second kappa shape index (κ2) is 9.51. The Labute approximate surface area is 172 Å². The van der Waals surface area contributed by atoms with Gasteiger partial charge < -0.3 is 15.0 Å². The molecular weight excluding hydrogens is 394 g/mol. The van der Waals surface area contributed by atoms with Gasteiger partial charge in [-0.05, 0) is 42.8 Å². The van der Waals surface area contributed by atoms with Crippen molar-refractivity contribution in [2.45, 2.75) is 19.3 Å². The molecule has 154 valence electrons. The van der Waals surface area contributed by atoms with Crippen molar-refractivity contribution in [2.24, 2.45) is 5.92 Å². The molecule has 1 aromatic heterocycles. The lowest BCUT2D eigenvalue weighted by atomic mass is 9.95. The van der Waals surface area contributed by atoms with Gasteiger partial charge in [-0.15, -0.1) is 11.3 Å². The molecule has 0 atom stereocenters. The van der Waals surface area contributed by atoms with Gasteiger partial charge in [-0.25, -0.2) is 0 Å². The van der Waals surface area contributed by atoms with Gasteiger partial charge in [0, 0.05) is 42.1 Å². The first-order valence-electron chi connectivity index (χ1n) is 9.41. The van der Waals surface area contributed by atoms with E-state index in [-0.39, 0.29) is 34.7 Å². The molecule has 0 saturated carbocycles. The molecule has 3 rings (SSSR count). The molecule has 1 aliphatic rings. The molecule has 8 nitrogen and oxygen atoms in total. The molecule has 2 aromatic rings. The third-order valence-electron chi connectivity index (χ3n) is 5.03. The molecule has 1 saturated heterocycles. The Morgan fingerprint density at radius 3 is 2.69 bits per heavy atom. The van der Waals surface area contributed by atoms with Gasteiger partial charge >= 0.3 is 5.69 Å². The van der Waals surface area contributed by atoms with Crippen LogP contribution in [0.4, 0.5) is 5.69 Å². The van der Waals surface area contributed by atoms with Gasteiger partial charge in [-0.3, -0.25) is 19.7 Å².